The molecule has 0 spiro atoms. The number of benzene rings is 3. The lowest BCUT2D eigenvalue weighted by atomic mass is 9.68. The molecule has 83 heavy (non-hydrogen) atoms. The van der Waals surface area contributed by atoms with Crippen LogP contribution in [0.5, 0.6) is 11.5 Å². The van der Waals surface area contributed by atoms with E-state index in [2.05, 4.69) is 5.32 Å². The van der Waals surface area contributed by atoms with Crippen LogP contribution in [0, 0.1) is 10.8 Å². The average Bonchev–Trinajstić information content (AvgIpc) is 2.73. The molecule has 3 aromatic rings. The Morgan fingerprint density at radius 3 is 1.73 bits per heavy atom. The summed E-state index contributed by atoms with van der Waals surface area (Å²) in [7, 11) is 3.21. The number of hydrogen-bond acceptors (Lipinski definition) is 20. The molecule has 22 heteroatoms. The van der Waals surface area contributed by atoms with Gasteiger partial charge < -0.3 is 77.3 Å². The standard InChI is InChI=1S/C61H84N2O20/c1-42(64)78-37-50-56(81-43(2)65)57(82-44(3)66)55(72)58(83-50)77-36-35-76-34-33-75-32-31-62-51(67)19-15-10-8-9-11-16-20-52(68)63-38-59(4,40-79-54(71)30-29-53(69)70)60(5,39-63)41-80-61(45-17-13-12-14-18-45,46-21-25-48(73-6)26-22-46)47-23-27-49(74-7)28-24-47/h12-14,17-18,21-28,50,55-58,72H,8-11,15-16,19-20,29-41H2,1-7H3,(H,62,67)(H,69,70)/p-1/t50-,55+,56-,57-,58+,59+,60-/m1/s1. The molecule has 3 aromatic carbocycles. The summed E-state index contributed by atoms with van der Waals surface area (Å²) in [6.07, 6.45) is -1.86. The zero-order valence-electron chi connectivity index (χ0n) is 48.9. The van der Waals surface area contributed by atoms with Gasteiger partial charge in [0.15, 0.2) is 18.5 Å². The number of methoxy groups -OCH3 is 2. The number of aliphatic carboxylic acids is 1. The first-order valence-electron chi connectivity index (χ1n) is 28.2. The van der Waals surface area contributed by atoms with Gasteiger partial charge in [0.1, 0.15) is 35.9 Å². The maximum absolute atomic E-state index is 14.1. The van der Waals surface area contributed by atoms with E-state index in [0.717, 1.165) is 56.2 Å². The van der Waals surface area contributed by atoms with E-state index in [4.69, 9.17) is 52.1 Å². The second kappa shape index (κ2) is 33.6. The van der Waals surface area contributed by atoms with Gasteiger partial charge in [-0.15, -0.1) is 0 Å². The van der Waals surface area contributed by atoms with Crippen LogP contribution in [-0.2, 0) is 81.8 Å². The fourth-order valence-electron chi connectivity index (χ4n) is 10.1. The van der Waals surface area contributed by atoms with Crippen LogP contribution >= 0.6 is 0 Å². The first-order valence-corrected chi connectivity index (χ1v) is 28.2. The van der Waals surface area contributed by atoms with E-state index in [1.54, 1.807) is 14.2 Å². The number of esters is 4. The molecule has 5 rings (SSSR count). The highest BCUT2D eigenvalue weighted by molar-refractivity contribution is 5.77. The Morgan fingerprint density at radius 1 is 0.639 bits per heavy atom. The molecule has 2 fully saturated rings. The average molecular weight is 1160 g/mol. The van der Waals surface area contributed by atoms with Crippen LogP contribution in [0.1, 0.15) is 116 Å². The van der Waals surface area contributed by atoms with Gasteiger partial charge >= 0.3 is 23.9 Å². The molecule has 0 saturated carbocycles. The molecule has 0 radical (unpaired) electrons. The number of carbonyl (C=O) groups excluding carboxylic acids is 7. The van der Waals surface area contributed by atoms with Crippen molar-refractivity contribution >= 4 is 41.7 Å². The molecular formula is C61H83N2O20-. The molecule has 2 saturated heterocycles. The Bertz CT molecular complexity index is 2480. The Kier molecular flexibility index (Phi) is 27.1. The minimum Gasteiger partial charge on any atom is -0.550 e. The second-order valence-electron chi connectivity index (χ2n) is 21.2. The van der Waals surface area contributed by atoms with Crippen LogP contribution in [0.15, 0.2) is 78.9 Å². The lowest BCUT2D eigenvalue weighted by molar-refractivity contribution is -0.307. The minimum absolute atomic E-state index is 0.0294. The predicted molar refractivity (Wildman–Crippen MR) is 296 cm³/mol. The van der Waals surface area contributed by atoms with E-state index in [1.165, 1.54) is 6.92 Å². The van der Waals surface area contributed by atoms with Gasteiger partial charge in [0, 0.05) is 70.0 Å². The van der Waals surface area contributed by atoms with E-state index >= 15 is 0 Å². The van der Waals surface area contributed by atoms with Crippen LogP contribution in [-0.4, -0.2) is 169 Å². The van der Waals surface area contributed by atoms with Gasteiger partial charge in [-0.1, -0.05) is 94.1 Å². The van der Waals surface area contributed by atoms with Crippen LogP contribution in [0.3, 0.4) is 0 Å². The molecule has 2 N–H and O–H groups in total. The van der Waals surface area contributed by atoms with E-state index in [0.29, 0.717) is 50.3 Å². The lowest BCUT2D eigenvalue weighted by Crippen LogP contribution is -2.62. The first kappa shape index (κ1) is 67.1. The van der Waals surface area contributed by atoms with E-state index in [1.807, 2.05) is 97.6 Å². The normalized spacial score (nSPS) is 21.3. The maximum atomic E-state index is 14.1. The molecule has 0 aliphatic carbocycles. The molecule has 458 valence electrons. The van der Waals surface area contributed by atoms with Crippen molar-refractivity contribution < 1.29 is 95.9 Å². The molecule has 2 aliphatic rings. The fourth-order valence-corrected chi connectivity index (χ4v) is 10.1. The largest absolute Gasteiger partial charge is 0.550 e. The number of rotatable bonds is 36. The Balaban J connectivity index is 1.03. The Hall–Kier alpha value is -6.69. The Morgan fingerprint density at radius 2 is 1.17 bits per heavy atom. The van der Waals surface area contributed by atoms with Crippen LogP contribution in [0.2, 0.25) is 0 Å². The van der Waals surface area contributed by atoms with Gasteiger partial charge in [-0.25, -0.2) is 0 Å². The molecule has 2 amide bonds. The number of ether oxygens (including phenoxy) is 11. The summed E-state index contributed by atoms with van der Waals surface area (Å²) in [5.41, 5.74) is -0.208. The van der Waals surface area contributed by atoms with Crippen molar-refractivity contribution in [2.75, 3.05) is 86.7 Å². The van der Waals surface area contributed by atoms with Crippen molar-refractivity contribution in [2.45, 2.75) is 135 Å². The summed E-state index contributed by atoms with van der Waals surface area (Å²) in [5, 5.41) is 24.9. The highest BCUT2D eigenvalue weighted by atomic mass is 16.7. The number of aliphatic hydroxyl groups is 1. The number of nitrogens with one attached hydrogen (secondary N) is 1. The predicted octanol–water partition coefficient (Wildman–Crippen LogP) is 4.74. The number of carbonyl (C=O) groups is 7. The van der Waals surface area contributed by atoms with E-state index in [-0.39, 0.29) is 77.6 Å². The molecule has 22 nitrogen and oxygen atoms in total. The quantitative estimate of drug-likeness (QED) is 0.0344. The summed E-state index contributed by atoms with van der Waals surface area (Å²) in [6.45, 7) is 8.82. The number of nitrogens with zero attached hydrogens (tertiary/aromatic N) is 1. The molecular weight excluding hydrogens is 1080 g/mol. The molecule has 2 heterocycles. The van der Waals surface area contributed by atoms with Gasteiger partial charge in [-0.05, 0) is 60.2 Å². The van der Waals surface area contributed by atoms with E-state index < -0.39 is 83.4 Å². The summed E-state index contributed by atoms with van der Waals surface area (Å²) in [5.74, 6) is -2.88. The SMILES string of the molecule is COc1ccc(C(OC[C@@]2(C)CN(C(=O)CCCCCCCCC(=O)NCCOCCOCCO[C@H]3O[C@H](COC(C)=O)[C@@H](OC(C)=O)[C@H](OC(C)=O)[C@@H]3O)C[C@@]2(C)COC(=O)CCC(=O)[O-])(c2ccccc2)c2ccc(OC)cc2)cc1. The molecule has 2 aliphatic heterocycles. The zero-order chi connectivity index (χ0) is 60.4. The molecule has 0 aromatic heterocycles. The number of unbranched alkanes of at least 4 members (excludes halogenated alkanes) is 5. The third kappa shape index (κ3) is 20.3. The van der Waals surface area contributed by atoms with Crippen LogP contribution in [0.25, 0.3) is 0 Å². The van der Waals surface area contributed by atoms with Gasteiger partial charge in [-0.2, -0.15) is 0 Å². The highest BCUT2D eigenvalue weighted by Gasteiger charge is 2.56. The topological polar surface area (TPSA) is 280 Å². The van der Waals surface area contributed by atoms with E-state index in [9.17, 15) is 43.8 Å². The van der Waals surface area contributed by atoms with Crippen molar-refractivity contribution in [1.29, 1.82) is 0 Å². The first-order chi connectivity index (χ1) is 39.7. The highest BCUT2D eigenvalue weighted by Crippen LogP contribution is 2.50. The van der Waals surface area contributed by atoms with Gasteiger partial charge in [0.2, 0.25) is 11.8 Å². The molecule has 0 unspecified atom stereocenters. The number of carboxylic acids is 1. The van der Waals surface area contributed by atoms with Crippen molar-refractivity contribution in [1.82, 2.24) is 10.2 Å². The van der Waals surface area contributed by atoms with Gasteiger partial charge in [-0.3, -0.25) is 28.8 Å². The number of carboxylic acid groups (broad SMARTS) is 1. The number of aliphatic hydroxyl groups excluding tert-OH is 1. The molecule has 7 atom stereocenters. The minimum atomic E-state index is -1.54. The summed E-state index contributed by atoms with van der Waals surface area (Å²) < 4.78 is 62.2. The maximum Gasteiger partial charge on any atom is 0.306 e. The van der Waals surface area contributed by atoms with Gasteiger partial charge in [0.25, 0.3) is 0 Å². The van der Waals surface area contributed by atoms with Crippen molar-refractivity contribution in [3.8, 4) is 11.5 Å². The third-order valence-electron chi connectivity index (χ3n) is 14.9. The van der Waals surface area contributed by atoms with Crippen molar-refractivity contribution in [2.24, 2.45) is 10.8 Å². The van der Waals surface area contributed by atoms with Crippen LogP contribution < -0.4 is 19.9 Å². The fraction of sp³-hybridized carbons (Fsp3) is 0.590. The number of hydrogen-bond donors (Lipinski definition) is 2. The van der Waals surface area contributed by atoms with Crippen molar-refractivity contribution in [3.63, 3.8) is 0 Å². The number of likely N-dealkylation sites (tertiary alicyclic amines) is 1. The monoisotopic (exact) mass is 1160 g/mol. The van der Waals surface area contributed by atoms with Crippen LogP contribution in [0.4, 0.5) is 0 Å². The molecule has 0 bridgehead atoms. The lowest BCUT2D eigenvalue weighted by Gasteiger charge is -2.43. The summed E-state index contributed by atoms with van der Waals surface area (Å²) in [4.78, 5) is 87.5. The van der Waals surface area contributed by atoms with Crippen molar-refractivity contribution in [3.05, 3.63) is 95.6 Å². The second-order valence-corrected chi connectivity index (χ2v) is 21.2. The van der Waals surface area contributed by atoms with Gasteiger partial charge in [0.05, 0.1) is 66.9 Å². The Labute approximate surface area is 486 Å². The number of amides is 2. The zero-order valence-corrected chi connectivity index (χ0v) is 48.9. The third-order valence-corrected chi connectivity index (χ3v) is 14.9. The smallest absolute Gasteiger partial charge is 0.306 e. The summed E-state index contributed by atoms with van der Waals surface area (Å²) in [6, 6.07) is 25.3. The summed E-state index contributed by atoms with van der Waals surface area (Å²) >= 11 is 0.